The van der Waals surface area contributed by atoms with Crippen molar-refractivity contribution in [3.8, 4) is 0 Å². The molecule has 1 amide bonds. The molecule has 1 saturated heterocycles. The van der Waals surface area contributed by atoms with E-state index in [1.54, 1.807) is 0 Å². The number of carboxylic acid groups (broad SMARTS) is 1. The summed E-state index contributed by atoms with van der Waals surface area (Å²) in [6, 6.07) is 3.83. The number of aliphatic carboxylic acids is 1. The summed E-state index contributed by atoms with van der Waals surface area (Å²) in [7, 11) is 0. The van der Waals surface area contributed by atoms with Crippen LogP contribution in [0.1, 0.15) is 44.9 Å². The van der Waals surface area contributed by atoms with Gasteiger partial charge >= 0.3 is 5.97 Å². The zero-order valence-electron chi connectivity index (χ0n) is 13.9. The quantitative estimate of drug-likeness (QED) is 0.886. The van der Waals surface area contributed by atoms with E-state index in [1.165, 1.54) is 19.3 Å². The summed E-state index contributed by atoms with van der Waals surface area (Å²) in [6.07, 6.45) is 8.15. The summed E-state index contributed by atoms with van der Waals surface area (Å²) in [4.78, 5) is 30.2. The predicted molar refractivity (Wildman–Crippen MR) is 92.0 cm³/mol. The lowest BCUT2D eigenvalue weighted by Gasteiger charge is -2.28. The van der Waals surface area contributed by atoms with Crippen molar-refractivity contribution in [1.82, 2.24) is 4.98 Å². The molecule has 130 valence electrons. The van der Waals surface area contributed by atoms with Crippen LogP contribution in [0, 0.1) is 11.8 Å². The highest BCUT2D eigenvalue weighted by molar-refractivity contribution is 5.92. The number of anilines is 2. The molecule has 2 aliphatic rings. The molecule has 1 aromatic heterocycles. The normalized spacial score (nSPS) is 24.4. The first kappa shape index (κ1) is 16.7. The van der Waals surface area contributed by atoms with E-state index in [1.807, 2.05) is 18.3 Å². The summed E-state index contributed by atoms with van der Waals surface area (Å²) in [5.74, 6) is -0.999. The lowest BCUT2D eigenvalue weighted by atomic mass is 9.81. The lowest BCUT2D eigenvalue weighted by molar-refractivity contribution is -0.143. The monoisotopic (exact) mass is 331 g/mol. The van der Waals surface area contributed by atoms with E-state index in [-0.39, 0.29) is 11.8 Å². The van der Waals surface area contributed by atoms with Crippen LogP contribution in [-0.4, -0.2) is 35.1 Å². The van der Waals surface area contributed by atoms with Gasteiger partial charge in [0, 0.05) is 19.0 Å². The van der Waals surface area contributed by atoms with E-state index in [4.69, 9.17) is 5.11 Å². The van der Waals surface area contributed by atoms with E-state index >= 15 is 0 Å². The molecule has 1 saturated carbocycles. The van der Waals surface area contributed by atoms with Gasteiger partial charge in [-0.25, -0.2) is 4.98 Å². The van der Waals surface area contributed by atoms with Crippen LogP contribution in [0.4, 0.5) is 11.5 Å². The van der Waals surface area contributed by atoms with Gasteiger partial charge in [-0.05, 0) is 50.7 Å². The Morgan fingerprint density at radius 3 is 2.50 bits per heavy atom. The highest BCUT2D eigenvalue weighted by Gasteiger charge is 2.31. The number of hydrogen-bond donors (Lipinski definition) is 2. The Hall–Kier alpha value is -2.11. The maximum Gasteiger partial charge on any atom is 0.306 e. The molecule has 1 aliphatic heterocycles. The number of carbonyl (C=O) groups excluding carboxylic acids is 1. The average Bonchev–Trinajstić information content (AvgIpc) is 2.63. The number of nitrogens with one attached hydrogen (secondary N) is 1. The van der Waals surface area contributed by atoms with E-state index in [0.717, 1.165) is 31.6 Å². The molecule has 0 aromatic carbocycles. The Bertz CT molecular complexity index is 582. The SMILES string of the molecule is O=C(O)[C@@H]1CCC[C@H](C(=O)Nc2ccc(N3CCCCC3)cn2)C1. The molecule has 3 rings (SSSR count). The van der Waals surface area contributed by atoms with Crippen molar-refractivity contribution in [3.05, 3.63) is 18.3 Å². The van der Waals surface area contributed by atoms with Gasteiger partial charge in [0.15, 0.2) is 0 Å². The number of aromatic nitrogens is 1. The number of rotatable bonds is 4. The molecule has 6 heteroatoms. The predicted octanol–water partition coefficient (Wildman–Crippen LogP) is 2.90. The number of carboxylic acids is 1. The van der Waals surface area contributed by atoms with Gasteiger partial charge < -0.3 is 15.3 Å². The smallest absolute Gasteiger partial charge is 0.306 e. The van der Waals surface area contributed by atoms with Crippen molar-refractivity contribution in [2.75, 3.05) is 23.3 Å². The molecule has 1 aliphatic carbocycles. The maximum absolute atomic E-state index is 12.4. The summed E-state index contributed by atoms with van der Waals surface area (Å²) in [5, 5.41) is 12.0. The zero-order valence-corrected chi connectivity index (χ0v) is 13.9. The minimum Gasteiger partial charge on any atom is -0.481 e. The van der Waals surface area contributed by atoms with Crippen LogP contribution in [0.3, 0.4) is 0 Å². The largest absolute Gasteiger partial charge is 0.481 e. The van der Waals surface area contributed by atoms with Gasteiger partial charge in [0.05, 0.1) is 17.8 Å². The van der Waals surface area contributed by atoms with Crippen LogP contribution >= 0.6 is 0 Å². The highest BCUT2D eigenvalue weighted by Crippen LogP contribution is 2.30. The van der Waals surface area contributed by atoms with Gasteiger partial charge in [0.25, 0.3) is 0 Å². The molecule has 0 unspecified atom stereocenters. The minimum atomic E-state index is -0.795. The van der Waals surface area contributed by atoms with Gasteiger partial charge in [-0.1, -0.05) is 6.42 Å². The third kappa shape index (κ3) is 4.04. The Morgan fingerprint density at radius 2 is 1.83 bits per heavy atom. The molecule has 2 atom stereocenters. The second-order valence-electron chi connectivity index (χ2n) is 6.84. The van der Waals surface area contributed by atoms with Crippen molar-refractivity contribution in [2.24, 2.45) is 11.8 Å². The summed E-state index contributed by atoms with van der Waals surface area (Å²) < 4.78 is 0. The lowest BCUT2D eigenvalue weighted by Crippen LogP contribution is -2.31. The minimum absolute atomic E-state index is 0.112. The molecule has 0 spiro atoms. The van der Waals surface area contributed by atoms with Gasteiger partial charge in [0.1, 0.15) is 5.82 Å². The Kier molecular flexibility index (Phi) is 5.33. The second-order valence-corrected chi connectivity index (χ2v) is 6.84. The molecule has 2 N–H and O–H groups in total. The zero-order chi connectivity index (χ0) is 16.9. The van der Waals surface area contributed by atoms with Crippen molar-refractivity contribution >= 4 is 23.4 Å². The molecular weight excluding hydrogens is 306 g/mol. The van der Waals surface area contributed by atoms with Crippen molar-refractivity contribution in [1.29, 1.82) is 0 Å². The summed E-state index contributed by atoms with van der Waals surface area (Å²) >= 11 is 0. The number of amides is 1. The van der Waals surface area contributed by atoms with Gasteiger partial charge in [0.2, 0.25) is 5.91 Å². The molecule has 6 nitrogen and oxygen atoms in total. The number of carbonyl (C=O) groups is 2. The Labute approximate surface area is 142 Å². The topological polar surface area (TPSA) is 82.5 Å². The van der Waals surface area contributed by atoms with Crippen molar-refractivity contribution in [3.63, 3.8) is 0 Å². The molecule has 0 radical (unpaired) electrons. The van der Waals surface area contributed by atoms with Gasteiger partial charge in [-0.15, -0.1) is 0 Å². The molecule has 1 aromatic rings. The first-order chi connectivity index (χ1) is 11.6. The first-order valence-corrected chi connectivity index (χ1v) is 8.88. The number of nitrogens with zero attached hydrogens (tertiary/aromatic N) is 2. The Morgan fingerprint density at radius 1 is 1.08 bits per heavy atom. The molecule has 2 fully saturated rings. The molecular formula is C18H25N3O3. The van der Waals surface area contributed by atoms with Crippen LogP contribution in [0.15, 0.2) is 18.3 Å². The molecule has 24 heavy (non-hydrogen) atoms. The third-order valence-electron chi connectivity index (χ3n) is 5.11. The maximum atomic E-state index is 12.4. The number of pyridine rings is 1. The second kappa shape index (κ2) is 7.64. The van der Waals surface area contributed by atoms with E-state index in [0.29, 0.717) is 18.7 Å². The van der Waals surface area contributed by atoms with Crippen molar-refractivity contribution in [2.45, 2.75) is 44.9 Å². The number of piperidine rings is 1. The van der Waals surface area contributed by atoms with Crippen molar-refractivity contribution < 1.29 is 14.7 Å². The molecule has 0 bridgehead atoms. The van der Waals surface area contributed by atoms with Crippen LogP contribution in [0.25, 0.3) is 0 Å². The summed E-state index contributed by atoms with van der Waals surface area (Å²) in [5.41, 5.74) is 1.09. The average molecular weight is 331 g/mol. The fraction of sp³-hybridized carbons (Fsp3) is 0.611. The van der Waals surface area contributed by atoms with Crippen LogP contribution in [0.2, 0.25) is 0 Å². The fourth-order valence-electron chi connectivity index (χ4n) is 3.68. The van der Waals surface area contributed by atoms with Crippen LogP contribution < -0.4 is 10.2 Å². The van der Waals surface area contributed by atoms with Gasteiger partial charge in [-0.3, -0.25) is 9.59 Å². The highest BCUT2D eigenvalue weighted by atomic mass is 16.4. The van der Waals surface area contributed by atoms with E-state index < -0.39 is 11.9 Å². The first-order valence-electron chi connectivity index (χ1n) is 8.88. The van der Waals surface area contributed by atoms with Gasteiger partial charge in [-0.2, -0.15) is 0 Å². The fourth-order valence-corrected chi connectivity index (χ4v) is 3.68. The standard InChI is InChI=1S/C18H25N3O3/c22-17(13-5-4-6-14(11-13)18(23)24)20-16-8-7-15(12-19-16)21-9-2-1-3-10-21/h7-8,12-14H,1-6,9-11H2,(H,23,24)(H,19,20,22)/t13-,14+/m0/s1. The van der Waals surface area contributed by atoms with Crippen LogP contribution in [0.5, 0.6) is 0 Å². The Balaban J connectivity index is 1.57. The third-order valence-corrected chi connectivity index (χ3v) is 5.11. The van der Waals surface area contributed by atoms with E-state index in [9.17, 15) is 9.59 Å². The molecule has 2 heterocycles. The van der Waals surface area contributed by atoms with E-state index in [2.05, 4.69) is 15.2 Å². The van der Waals surface area contributed by atoms with Crippen LogP contribution in [-0.2, 0) is 9.59 Å². The summed E-state index contributed by atoms with van der Waals surface area (Å²) in [6.45, 7) is 2.12. The number of hydrogen-bond acceptors (Lipinski definition) is 4.